The first-order valence-electron chi connectivity index (χ1n) is 7.70. The van der Waals surface area contributed by atoms with Crippen molar-refractivity contribution in [3.63, 3.8) is 0 Å². The first-order chi connectivity index (χ1) is 8.65. The standard InChI is InChI=1S/C15H32N2O/c1-5-16-14(4)15-8-6-7-9-17(15)10-11-18-12-13(2)3/h13-16H,5-12H2,1-4H3. The molecule has 1 aliphatic heterocycles. The molecule has 1 N–H and O–H groups in total. The van der Waals surface area contributed by atoms with E-state index < -0.39 is 0 Å². The molecule has 0 spiro atoms. The number of hydrogen-bond acceptors (Lipinski definition) is 3. The van der Waals surface area contributed by atoms with Crippen LogP contribution in [0.1, 0.15) is 47.0 Å². The van der Waals surface area contributed by atoms with Gasteiger partial charge in [-0.3, -0.25) is 4.90 Å². The van der Waals surface area contributed by atoms with Crippen molar-refractivity contribution in [1.82, 2.24) is 10.2 Å². The fourth-order valence-corrected chi connectivity index (χ4v) is 2.82. The van der Waals surface area contributed by atoms with Crippen molar-refractivity contribution >= 4 is 0 Å². The highest BCUT2D eigenvalue weighted by molar-refractivity contribution is 4.84. The van der Waals surface area contributed by atoms with Gasteiger partial charge in [-0.25, -0.2) is 0 Å². The number of hydrogen-bond donors (Lipinski definition) is 1. The Bertz CT molecular complexity index is 209. The molecule has 3 nitrogen and oxygen atoms in total. The predicted octanol–water partition coefficient (Wildman–Crippen LogP) is 2.51. The van der Waals surface area contributed by atoms with Crippen LogP contribution in [0.5, 0.6) is 0 Å². The van der Waals surface area contributed by atoms with Gasteiger partial charge in [0.1, 0.15) is 0 Å². The van der Waals surface area contributed by atoms with E-state index in [1.165, 1.54) is 25.8 Å². The molecule has 0 aliphatic carbocycles. The lowest BCUT2D eigenvalue weighted by Crippen LogP contribution is -2.51. The highest BCUT2D eigenvalue weighted by atomic mass is 16.5. The quantitative estimate of drug-likeness (QED) is 0.675. The second-order valence-electron chi connectivity index (χ2n) is 5.91. The largest absolute Gasteiger partial charge is 0.380 e. The van der Waals surface area contributed by atoms with Crippen LogP contribution in [-0.4, -0.2) is 49.8 Å². The molecule has 0 bridgehead atoms. The molecule has 1 heterocycles. The van der Waals surface area contributed by atoms with Gasteiger partial charge >= 0.3 is 0 Å². The van der Waals surface area contributed by atoms with Crippen LogP contribution in [0.4, 0.5) is 0 Å². The zero-order chi connectivity index (χ0) is 13.4. The summed E-state index contributed by atoms with van der Waals surface area (Å²) in [6.07, 6.45) is 4.06. The Hall–Kier alpha value is -0.120. The first-order valence-corrected chi connectivity index (χ1v) is 7.70. The van der Waals surface area contributed by atoms with Crippen molar-refractivity contribution in [2.45, 2.75) is 59.0 Å². The Kier molecular flexibility index (Phi) is 7.87. The highest BCUT2D eigenvalue weighted by Gasteiger charge is 2.26. The minimum atomic E-state index is 0.598. The number of likely N-dealkylation sites (N-methyl/N-ethyl adjacent to an activating group) is 1. The van der Waals surface area contributed by atoms with Crippen molar-refractivity contribution in [3.05, 3.63) is 0 Å². The normalized spacial score (nSPS) is 23.5. The summed E-state index contributed by atoms with van der Waals surface area (Å²) in [5, 5.41) is 3.57. The van der Waals surface area contributed by atoms with Gasteiger partial charge in [0.05, 0.1) is 6.61 Å². The lowest BCUT2D eigenvalue weighted by atomic mass is 9.96. The SMILES string of the molecule is CCNC(C)C1CCCCN1CCOCC(C)C. The maximum Gasteiger partial charge on any atom is 0.0593 e. The third kappa shape index (κ3) is 5.68. The van der Waals surface area contributed by atoms with E-state index >= 15 is 0 Å². The summed E-state index contributed by atoms with van der Waals surface area (Å²) >= 11 is 0. The van der Waals surface area contributed by atoms with Crippen LogP contribution in [0.15, 0.2) is 0 Å². The molecule has 0 amide bonds. The third-order valence-corrected chi connectivity index (χ3v) is 3.74. The van der Waals surface area contributed by atoms with Gasteiger partial charge in [-0.1, -0.05) is 27.2 Å². The van der Waals surface area contributed by atoms with E-state index in [1.807, 2.05) is 0 Å². The number of nitrogens with zero attached hydrogens (tertiary/aromatic N) is 1. The zero-order valence-electron chi connectivity index (χ0n) is 12.7. The second-order valence-corrected chi connectivity index (χ2v) is 5.91. The fourth-order valence-electron chi connectivity index (χ4n) is 2.82. The van der Waals surface area contributed by atoms with E-state index in [4.69, 9.17) is 4.74 Å². The molecule has 0 radical (unpaired) electrons. The number of nitrogens with one attached hydrogen (secondary N) is 1. The van der Waals surface area contributed by atoms with Crippen LogP contribution in [0.3, 0.4) is 0 Å². The van der Waals surface area contributed by atoms with Crippen molar-refractivity contribution in [2.75, 3.05) is 32.8 Å². The van der Waals surface area contributed by atoms with Gasteiger partial charge in [-0.15, -0.1) is 0 Å². The second kappa shape index (κ2) is 8.89. The number of ether oxygens (including phenoxy) is 1. The third-order valence-electron chi connectivity index (χ3n) is 3.74. The van der Waals surface area contributed by atoms with Gasteiger partial charge in [0.25, 0.3) is 0 Å². The molecule has 18 heavy (non-hydrogen) atoms. The van der Waals surface area contributed by atoms with Crippen LogP contribution in [-0.2, 0) is 4.74 Å². The molecule has 1 aliphatic rings. The predicted molar refractivity (Wildman–Crippen MR) is 78.0 cm³/mol. The van der Waals surface area contributed by atoms with Gasteiger partial charge in [0.15, 0.2) is 0 Å². The molecule has 0 aromatic heterocycles. The Balaban J connectivity index is 2.30. The van der Waals surface area contributed by atoms with E-state index in [-0.39, 0.29) is 0 Å². The van der Waals surface area contributed by atoms with E-state index in [9.17, 15) is 0 Å². The molecule has 0 saturated carbocycles. The highest BCUT2D eigenvalue weighted by Crippen LogP contribution is 2.19. The minimum absolute atomic E-state index is 0.598. The molecule has 3 heteroatoms. The summed E-state index contributed by atoms with van der Waals surface area (Å²) in [6.45, 7) is 14.1. The summed E-state index contributed by atoms with van der Waals surface area (Å²) in [5.41, 5.74) is 0. The van der Waals surface area contributed by atoms with Crippen LogP contribution < -0.4 is 5.32 Å². The summed E-state index contributed by atoms with van der Waals surface area (Å²) in [5.74, 6) is 0.642. The molecule has 2 atom stereocenters. The molecular formula is C15H32N2O. The molecular weight excluding hydrogens is 224 g/mol. The summed E-state index contributed by atoms with van der Waals surface area (Å²) in [7, 11) is 0. The minimum Gasteiger partial charge on any atom is -0.380 e. The van der Waals surface area contributed by atoms with Crippen LogP contribution >= 0.6 is 0 Å². The van der Waals surface area contributed by atoms with Gasteiger partial charge in [-0.05, 0) is 38.8 Å². The van der Waals surface area contributed by atoms with Crippen LogP contribution in [0.25, 0.3) is 0 Å². The van der Waals surface area contributed by atoms with Crippen molar-refractivity contribution < 1.29 is 4.74 Å². The van der Waals surface area contributed by atoms with Gasteiger partial charge in [-0.2, -0.15) is 0 Å². The van der Waals surface area contributed by atoms with Gasteiger partial charge < -0.3 is 10.1 Å². The summed E-state index contributed by atoms with van der Waals surface area (Å²) < 4.78 is 5.72. The molecule has 1 fully saturated rings. The van der Waals surface area contributed by atoms with E-state index in [0.29, 0.717) is 18.0 Å². The Morgan fingerprint density at radius 3 is 2.72 bits per heavy atom. The first kappa shape index (κ1) is 15.9. The lowest BCUT2D eigenvalue weighted by molar-refractivity contribution is 0.0514. The number of likely N-dealkylation sites (tertiary alicyclic amines) is 1. The lowest BCUT2D eigenvalue weighted by Gasteiger charge is -2.39. The Morgan fingerprint density at radius 1 is 1.28 bits per heavy atom. The van der Waals surface area contributed by atoms with E-state index in [2.05, 4.69) is 37.9 Å². The summed E-state index contributed by atoms with van der Waals surface area (Å²) in [6, 6.07) is 1.29. The maximum atomic E-state index is 5.72. The van der Waals surface area contributed by atoms with E-state index in [0.717, 1.165) is 26.3 Å². The number of rotatable bonds is 8. The van der Waals surface area contributed by atoms with Gasteiger partial charge in [0, 0.05) is 25.2 Å². The molecule has 0 aromatic carbocycles. The molecule has 2 unspecified atom stereocenters. The Morgan fingerprint density at radius 2 is 2.06 bits per heavy atom. The monoisotopic (exact) mass is 256 g/mol. The van der Waals surface area contributed by atoms with Crippen LogP contribution in [0, 0.1) is 5.92 Å². The van der Waals surface area contributed by atoms with Gasteiger partial charge in [0.2, 0.25) is 0 Å². The topological polar surface area (TPSA) is 24.5 Å². The molecule has 0 aromatic rings. The van der Waals surface area contributed by atoms with Crippen molar-refractivity contribution in [3.8, 4) is 0 Å². The van der Waals surface area contributed by atoms with Crippen molar-refractivity contribution in [1.29, 1.82) is 0 Å². The maximum absolute atomic E-state index is 5.72. The average molecular weight is 256 g/mol. The van der Waals surface area contributed by atoms with Crippen molar-refractivity contribution in [2.24, 2.45) is 5.92 Å². The van der Waals surface area contributed by atoms with E-state index in [1.54, 1.807) is 0 Å². The average Bonchev–Trinajstić information content (AvgIpc) is 2.35. The number of piperidine rings is 1. The molecule has 1 rings (SSSR count). The fraction of sp³-hybridized carbons (Fsp3) is 1.00. The summed E-state index contributed by atoms with van der Waals surface area (Å²) in [4.78, 5) is 2.62. The van der Waals surface area contributed by atoms with Crippen LogP contribution in [0.2, 0.25) is 0 Å². The molecule has 1 saturated heterocycles. The zero-order valence-corrected chi connectivity index (χ0v) is 12.7. The molecule has 108 valence electrons. The Labute approximate surface area is 113 Å². The smallest absolute Gasteiger partial charge is 0.0593 e.